The molecule has 0 saturated heterocycles. The van der Waals surface area contributed by atoms with E-state index >= 15 is 0 Å². The lowest BCUT2D eigenvalue weighted by Crippen LogP contribution is -2.02. The molecule has 1 aromatic carbocycles. The molecule has 6 nitrogen and oxygen atoms in total. The summed E-state index contributed by atoms with van der Waals surface area (Å²) in [7, 11) is 0. The molecule has 0 aliphatic rings. The zero-order chi connectivity index (χ0) is 10.7. The van der Waals surface area contributed by atoms with Gasteiger partial charge in [0.2, 0.25) is 6.54 Å². The average Bonchev–Trinajstić information content (AvgIpc) is 2.07. The van der Waals surface area contributed by atoms with E-state index < -0.39 is 16.4 Å². The molecule has 0 saturated carbocycles. The van der Waals surface area contributed by atoms with Crippen LogP contribution in [0.1, 0.15) is 5.56 Å². The van der Waals surface area contributed by atoms with E-state index in [1.165, 1.54) is 12.1 Å². The summed E-state index contributed by atoms with van der Waals surface area (Å²) in [6.07, 6.45) is 0. The van der Waals surface area contributed by atoms with Crippen LogP contribution in [-0.4, -0.2) is 9.85 Å². The van der Waals surface area contributed by atoms with Crippen molar-refractivity contribution in [1.29, 1.82) is 0 Å². The van der Waals surface area contributed by atoms with Crippen molar-refractivity contribution in [3.8, 4) is 0 Å². The highest BCUT2D eigenvalue weighted by molar-refractivity contribution is 6.30. The molecule has 14 heavy (non-hydrogen) atoms. The number of nitro benzene ring substituents is 1. The van der Waals surface area contributed by atoms with Crippen molar-refractivity contribution in [2.75, 3.05) is 0 Å². The van der Waals surface area contributed by atoms with Crippen LogP contribution in [0.15, 0.2) is 18.2 Å². The van der Waals surface area contributed by atoms with Gasteiger partial charge < -0.3 is 0 Å². The van der Waals surface area contributed by atoms with Crippen LogP contribution >= 0.6 is 11.6 Å². The third-order valence-corrected chi connectivity index (χ3v) is 1.78. The van der Waals surface area contributed by atoms with E-state index in [0.717, 1.165) is 6.07 Å². The molecule has 0 radical (unpaired) electrons. The zero-order valence-corrected chi connectivity index (χ0v) is 7.60. The van der Waals surface area contributed by atoms with Crippen molar-refractivity contribution in [1.82, 2.24) is 0 Å². The molecule has 1 aromatic rings. The summed E-state index contributed by atoms with van der Waals surface area (Å²) >= 11 is 5.52. The van der Waals surface area contributed by atoms with E-state index in [0.29, 0.717) is 0 Å². The van der Waals surface area contributed by atoms with Crippen LogP contribution in [0.25, 0.3) is 0 Å². The summed E-state index contributed by atoms with van der Waals surface area (Å²) in [4.78, 5) is 19.3. The highest BCUT2D eigenvalue weighted by Gasteiger charge is 2.17. The Bertz CT molecular complexity index is 393. The molecule has 1 rings (SSSR count). The minimum absolute atomic E-state index is 0.0457. The number of hydrogen-bond donors (Lipinski definition) is 0. The van der Waals surface area contributed by atoms with Crippen LogP contribution in [0.4, 0.5) is 5.69 Å². The van der Waals surface area contributed by atoms with Crippen molar-refractivity contribution < 1.29 is 9.85 Å². The molecule has 0 atom stereocenters. The van der Waals surface area contributed by atoms with Crippen LogP contribution in [-0.2, 0) is 6.54 Å². The summed E-state index contributed by atoms with van der Waals surface area (Å²) in [5.74, 6) is 0. The fourth-order valence-corrected chi connectivity index (χ4v) is 1.15. The number of benzene rings is 1. The number of nitro groups is 2. The third-order valence-electron chi connectivity index (χ3n) is 1.54. The topological polar surface area (TPSA) is 86.3 Å². The van der Waals surface area contributed by atoms with Crippen LogP contribution in [0.5, 0.6) is 0 Å². The van der Waals surface area contributed by atoms with Crippen LogP contribution in [0.3, 0.4) is 0 Å². The number of halogens is 1. The summed E-state index contributed by atoms with van der Waals surface area (Å²) in [6, 6.07) is 3.76. The molecule has 0 amide bonds. The lowest BCUT2D eigenvalue weighted by Gasteiger charge is -1.98. The molecule has 0 spiro atoms. The molecular formula is C7H5ClN2O4. The van der Waals surface area contributed by atoms with Gasteiger partial charge in [-0.3, -0.25) is 20.2 Å². The summed E-state index contributed by atoms with van der Waals surface area (Å²) in [6.45, 7) is -0.576. The smallest absolute Gasteiger partial charge is 0.264 e. The van der Waals surface area contributed by atoms with Gasteiger partial charge in [0.15, 0.2) is 0 Å². The molecule has 0 aliphatic carbocycles. The second kappa shape index (κ2) is 4.01. The van der Waals surface area contributed by atoms with E-state index in [1.54, 1.807) is 0 Å². The van der Waals surface area contributed by atoms with Crippen LogP contribution in [0.2, 0.25) is 5.02 Å². The highest BCUT2D eigenvalue weighted by Crippen LogP contribution is 2.23. The number of nitrogens with zero attached hydrogens (tertiary/aromatic N) is 2. The Kier molecular flexibility index (Phi) is 2.98. The van der Waals surface area contributed by atoms with Crippen molar-refractivity contribution in [3.63, 3.8) is 0 Å². The van der Waals surface area contributed by atoms with Gasteiger partial charge in [-0.2, -0.15) is 0 Å². The molecule has 0 aliphatic heterocycles. The molecule has 74 valence electrons. The van der Waals surface area contributed by atoms with Crippen LogP contribution in [0, 0.1) is 20.2 Å². The van der Waals surface area contributed by atoms with Gasteiger partial charge in [-0.25, -0.2) is 0 Å². The second-order valence-corrected chi connectivity index (χ2v) is 2.96. The van der Waals surface area contributed by atoms with Gasteiger partial charge in [0.25, 0.3) is 5.69 Å². The molecule has 0 N–H and O–H groups in total. The fraction of sp³-hybridized carbons (Fsp3) is 0.143. The first-order valence-electron chi connectivity index (χ1n) is 3.55. The first kappa shape index (κ1) is 10.4. The maximum atomic E-state index is 10.5. The third kappa shape index (κ3) is 2.40. The minimum Gasteiger partial charge on any atom is -0.264 e. The second-order valence-electron chi connectivity index (χ2n) is 2.52. The van der Waals surface area contributed by atoms with E-state index in [4.69, 9.17) is 11.6 Å². The van der Waals surface area contributed by atoms with E-state index in [-0.39, 0.29) is 16.3 Å². The first-order valence-corrected chi connectivity index (χ1v) is 3.93. The van der Waals surface area contributed by atoms with E-state index in [9.17, 15) is 20.2 Å². The van der Waals surface area contributed by atoms with E-state index in [1.807, 2.05) is 0 Å². The van der Waals surface area contributed by atoms with Gasteiger partial charge in [-0.1, -0.05) is 11.6 Å². The van der Waals surface area contributed by atoms with Gasteiger partial charge >= 0.3 is 0 Å². The van der Waals surface area contributed by atoms with Gasteiger partial charge in [-0.05, 0) is 12.1 Å². The maximum absolute atomic E-state index is 10.5. The Balaban J connectivity index is 3.14. The Hall–Kier alpha value is -1.69. The standard InChI is InChI=1S/C7H5ClN2O4/c8-6-2-1-5(4-9(11)12)7(3-6)10(13)14/h1-3H,4H2. The monoisotopic (exact) mass is 216 g/mol. The number of rotatable bonds is 3. The molecule has 0 heterocycles. The van der Waals surface area contributed by atoms with Crippen molar-refractivity contribution in [2.24, 2.45) is 0 Å². The Morgan fingerprint density at radius 2 is 1.93 bits per heavy atom. The summed E-state index contributed by atoms with van der Waals surface area (Å²) in [5, 5.41) is 20.8. The van der Waals surface area contributed by atoms with Gasteiger partial charge in [0, 0.05) is 16.0 Å². The van der Waals surface area contributed by atoms with Crippen molar-refractivity contribution >= 4 is 17.3 Å². The Labute approximate surface area is 83.4 Å². The molecule has 0 fully saturated rings. The maximum Gasteiger partial charge on any atom is 0.280 e. The SMILES string of the molecule is O=[N+]([O-])Cc1ccc(Cl)cc1[N+](=O)[O-]. The lowest BCUT2D eigenvalue weighted by molar-refractivity contribution is -0.498. The van der Waals surface area contributed by atoms with E-state index in [2.05, 4.69) is 0 Å². The predicted molar refractivity (Wildman–Crippen MR) is 48.8 cm³/mol. The van der Waals surface area contributed by atoms with Gasteiger partial charge in [0.05, 0.1) is 10.5 Å². The van der Waals surface area contributed by atoms with Crippen molar-refractivity contribution in [3.05, 3.63) is 49.0 Å². The molecule has 0 unspecified atom stereocenters. The minimum atomic E-state index is -0.690. The molecule has 0 bridgehead atoms. The molecule has 0 aromatic heterocycles. The normalized spacial score (nSPS) is 9.79. The first-order chi connectivity index (χ1) is 6.50. The largest absolute Gasteiger partial charge is 0.280 e. The fourth-order valence-electron chi connectivity index (χ4n) is 0.980. The zero-order valence-electron chi connectivity index (χ0n) is 6.84. The Morgan fingerprint density at radius 1 is 1.29 bits per heavy atom. The number of hydrogen-bond acceptors (Lipinski definition) is 4. The summed E-state index contributed by atoms with van der Waals surface area (Å²) in [5.41, 5.74) is -0.279. The lowest BCUT2D eigenvalue weighted by atomic mass is 10.2. The molecule has 7 heteroatoms. The van der Waals surface area contributed by atoms with Crippen molar-refractivity contribution in [2.45, 2.75) is 6.54 Å². The quantitative estimate of drug-likeness (QED) is 0.571. The summed E-state index contributed by atoms with van der Waals surface area (Å²) < 4.78 is 0. The average molecular weight is 217 g/mol. The highest BCUT2D eigenvalue weighted by atomic mass is 35.5. The molecular weight excluding hydrogens is 212 g/mol. The van der Waals surface area contributed by atoms with Crippen LogP contribution < -0.4 is 0 Å². The predicted octanol–water partition coefficient (Wildman–Crippen LogP) is 2.02. The Morgan fingerprint density at radius 3 is 2.43 bits per heavy atom. The van der Waals surface area contributed by atoms with Gasteiger partial charge in [0.1, 0.15) is 0 Å². The van der Waals surface area contributed by atoms with Gasteiger partial charge in [-0.15, -0.1) is 0 Å².